The number of para-hydroxylation sites is 1. The first-order valence-corrected chi connectivity index (χ1v) is 12.9. The van der Waals surface area contributed by atoms with E-state index < -0.39 is 54.7 Å². The van der Waals surface area contributed by atoms with Crippen LogP contribution < -0.4 is 21.0 Å². The zero-order valence-corrected chi connectivity index (χ0v) is 21.9. The number of esters is 1. The van der Waals surface area contributed by atoms with Gasteiger partial charge in [-0.1, -0.05) is 18.2 Å². The lowest BCUT2D eigenvalue weighted by molar-refractivity contribution is -0.149. The maximum absolute atomic E-state index is 13.6. The predicted octanol–water partition coefficient (Wildman–Crippen LogP) is 1.12. The molecule has 15 heteroatoms. The first-order chi connectivity index (χ1) is 17.7. The van der Waals surface area contributed by atoms with E-state index >= 15 is 0 Å². The monoisotopic (exact) mass is 549 g/mol. The smallest absolute Gasteiger partial charge is 0.462 e. The molecule has 204 valence electrons. The Morgan fingerprint density at radius 3 is 2.58 bits per heavy atom. The van der Waals surface area contributed by atoms with Crippen molar-refractivity contribution in [2.24, 2.45) is 0 Å². The molecule has 0 aliphatic carbocycles. The van der Waals surface area contributed by atoms with Crippen LogP contribution in [-0.4, -0.2) is 49.6 Å². The van der Waals surface area contributed by atoms with Gasteiger partial charge >= 0.3 is 25.1 Å². The van der Waals surface area contributed by atoms with Gasteiger partial charge in [0.1, 0.15) is 36.0 Å². The number of rotatable bonds is 9. The Balaban J connectivity index is 1.97. The maximum atomic E-state index is 13.6. The molecule has 2 heterocycles. The molecular weight excluding hydrogens is 521 g/mol. The van der Waals surface area contributed by atoms with E-state index in [-0.39, 0.29) is 11.6 Å². The van der Waals surface area contributed by atoms with Crippen molar-refractivity contribution in [2.75, 3.05) is 5.73 Å². The number of benzene rings is 1. The Labute approximate surface area is 217 Å². The SMILES string of the molecule is CC(C)OC(=O)[C@H](C)N[P@](=O)(O/C=C1/O[C@@](C#N)(n2ccc(N)nc2=O)[C@](C)(O)[C@@H]1O)Oc1ccccc1. The van der Waals surface area contributed by atoms with Gasteiger partial charge in [0, 0.05) is 6.20 Å². The lowest BCUT2D eigenvalue weighted by Crippen LogP contribution is -2.57. The third kappa shape index (κ3) is 5.66. The number of anilines is 1. The van der Waals surface area contributed by atoms with E-state index in [9.17, 15) is 29.6 Å². The van der Waals surface area contributed by atoms with E-state index in [0.717, 1.165) is 13.1 Å². The van der Waals surface area contributed by atoms with Crippen LogP contribution >= 0.6 is 7.75 Å². The summed E-state index contributed by atoms with van der Waals surface area (Å²) in [6, 6.07) is 9.57. The van der Waals surface area contributed by atoms with Crippen molar-refractivity contribution in [2.45, 2.75) is 57.3 Å². The van der Waals surface area contributed by atoms with Gasteiger partial charge < -0.3 is 34.5 Å². The standard InChI is InChI=1S/C23H28N5O9P/c1-14(2)35-20(30)15(3)27-38(33,37-16-8-6-5-7-9-16)34-12-17-19(29)22(4,32)23(13-24,36-17)28-11-10-18(25)26-21(28)31/h5-12,14-15,19,29,32H,1-4H3,(H,27,33)(H2,25,26,31)/b17-12+/t15-,19+,22+,23+,38-/m0/s1. The lowest BCUT2D eigenvalue weighted by atomic mass is 9.89. The van der Waals surface area contributed by atoms with Gasteiger partial charge in [-0.2, -0.15) is 15.3 Å². The fourth-order valence-corrected chi connectivity index (χ4v) is 4.84. The Morgan fingerprint density at radius 1 is 1.34 bits per heavy atom. The van der Waals surface area contributed by atoms with Gasteiger partial charge in [-0.05, 0) is 45.9 Å². The predicted molar refractivity (Wildman–Crippen MR) is 132 cm³/mol. The van der Waals surface area contributed by atoms with Crippen LogP contribution in [0.15, 0.2) is 59.4 Å². The molecule has 0 spiro atoms. The molecule has 0 bridgehead atoms. The van der Waals surface area contributed by atoms with E-state index in [1.54, 1.807) is 38.1 Å². The molecule has 1 aromatic carbocycles. The molecule has 38 heavy (non-hydrogen) atoms. The zero-order valence-electron chi connectivity index (χ0n) is 21.0. The van der Waals surface area contributed by atoms with Crippen LogP contribution in [0, 0.1) is 11.3 Å². The number of carbonyl (C=O) groups excluding carboxylic acids is 1. The summed E-state index contributed by atoms with van der Waals surface area (Å²) >= 11 is 0. The van der Waals surface area contributed by atoms with E-state index in [0.29, 0.717) is 10.8 Å². The molecule has 1 fully saturated rings. The average molecular weight is 549 g/mol. The number of nitrogens with one attached hydrogen (secondary N) is 1. The number of aromatic nitrogens is 2. The number of nitrogen functional groups attached to an aromatic ring is 1. The minimum atomic E-state index is -4.43. The normalized spacial score (nSPS) is 26.2. The fraction of sp³-hybridized carbons (Fsp3) is 0.391. The Bertz CT molecular complexity index is 1360. The molecule has 1 saturated heterocycles. The van der Waals surface area contributed by atoms with E-state index in [2.05, 4.69) is 10.1 Å². The second-order valence-corrected chi connectivity index (χ2v) is 10.4. The average Bonchev–Trinajstić information content (AvgIpc) is 3.03. The van der Waals surface area contributed by atoms with Crippen molar-refractivity contribution in [1.29, 1.82) is 5.26 Å². The fourth-order valence-electron chi connectivity index (χ4n) is 3.46. The molecule has 14 nitrogen and oxygen atoms in total. The third-order valence-electron chi connectivity index (χ3n) is 5.40. The van der Waals surface area contributed by atoms with E-state index in [1.165, 1.54) is 25.1 Å². The van der Waals surface area contributed by atoms with Gasteiger partial charge in [0.25, 0.3) is 0 Å². The Morgan fingerprint density at radius 2 is 2.00 bits per heavy atom. The number of carbonyl (C=O) groups is 1. The second-order valence-electron chi connectivity index (χ2n) is 8.78. The minimum Gasteiger partial charge on any atom is -0.462 e. The van der Waals surface area contributed by atoms with Crippen molar-refractivity contribution < 1.29 is 38.1 Å². The number of aliphatic hydroxyl groups excluding tert-OH is 1. The van der Waals surface area contributed by atoms with Gasteiger partial charge in [0.05, 0.1) is 6.10 Å². The number of ether oxygens (including phenoxy) is 2. The molecule has 0 unspecified atom stereocenters. The maximum Gasteiger partial charge on any atom is 0.513 e. The molecule has 1 aliphatic rings. The summed E-state index contributed by atoms with van der Waals surface area (Å²) in [7, 11) is -4.43. The number of nitriles is 1. The van der Waals surface area contributed by atoms with Gasteiger partial charge in [-0.3, -0.25) is 4.79 Å². The van der Waals surface area contributed by atoms with Gasteiger partial charge in [0.15, 0.2) is 11.4 Å². The quantitative estimate of drug-likeness (QED) is 0.197. The summed E-state index contributed by atoms with van der Waals surface area (Å²) in [6.45, 7) is 5.70. The molecule has 2 aromatic rings. The van der Waals surface area contributed by atoms with Crippen LogP contribution in [0.1, 0.15) is 27.7 Å². The van der Waals surface area contributed by atoms with E-state index in [1.807, 2.05) is 0 Å². The van der Waals surface area contributed by atoms with Crippen molar-refractivity contribution in [3.8, 4) is 11.8 Å². The molecule has 0 saturated carbocycles. The second kappa shape index (κ2) is 10.8. The van der Waals surface area contributed by atoms with Crippen LogP contribution in [0.5, 0.6) is 5.75 Å². The molecule has 5 atom stereocenters. The van der Waals surface area contributed by atoms with Gasteiger partial charge in [0.2, 0.25) is 0 Å². The zero-order chi connectivity index (χ0) is 28.3. The van der Waals surface area contributed by atoms with Gasteiger partial charge in [-0.25, -0.2) is 13.9 Å². The molecular formula is C23H28N5O9P. The molecule has 3 rings (SSSR count). The van der Waals surface area contributed by atoms with Crippen molar-refractivity contribution in [3.63, 3.8) is 0 Å². The number of nitrogens with zero attached hydrogens (tertiary/aromatic N) is 3. The Kier molecular flexibility index (Phi) is 8.18. The number of aliphatic hydroxyl groups is 2. The highest BCUT2D eigenvalue weighted by Crippen LogP contribution is 2.48. The highest BCUT2D eigenvalue weighted by molar-refractivity contribution is 7.52. The summed E-state index contributed by atoms with van der Waals surface area (Å²) in [5.41, 5.74) is -0.475. The van der Waals surface area contributed by atoms with Gasteiger partial charge in [-0.15, -0.1) is 0 Å². The summed E-state index contributed by atoms with van der Waals surface area (Å²) in [4.78, 5) is 28.3. The van der Waals surface area contributed by atoms with Crippen molar-refractivity contribution in [3.05, 3.63) is 65.1 Å². The van der Waals surface area contributed by atoms with E-state index in [4.69, 9.17) is 24.3 Å². The molecule has 1 aliphatic heterocycles. The largest absolute Gasteiger partial charge is 0.513 e. The van der Waals surface area contributed by atoms with Crippen LogP contribution in [0.25, 0.3) is 0 Å². The van der Waals surface area contributed by atoms with Crippen molar-refractivity contribution >= 4 is 19.5 Å². The van der Waals surface area contributed by atoms with Crippen LogP contribution in [-0.2, 0) is 29.1 Å². The first-order valence-electron chi connectivity index (χ1n) is 11.3. The molecule has 1 aromatic heterocycles. The highest BCUT2D eigenvalue weighted by Gasteiger charge is 2.65. The number of hydrogen-bond acceptors (Lipinski definition) is 12. The summed E-state index contributed by atoms with van der Waals surface area (Å²) < 4.78 is 35.8. The Hall–Kier alpha value is -3.89. The summed E-state index contributed by atoms with van der Waals surface area (Å²) in [6.07, 6.45) is -0.671. The van der Waals surface area contributed by atoms with Crippen molar-refractivity contribution in [1.82, 2.24) is 14.6 Å². The molecule has 0 amide bonds. The minimum absolute atomic E-state index is 0.108. The topological polar surface area (TPSA) is 208 Å². The molecule has 0 radical (unpaired) electrons. The summed E-state index contributed by atoms with van der Waals surface area (Å²) in [5.74, 6) is -1.35. The first kappa shape index (κ1) is 28.7. The number of hydrogen-bond donors (Lipinski definition) is 4. The van der Waals surface area contributed by atoms with Crippen LogP contribution in [0.2, 0.25) is 0 Å². The van der Waals surface area contributed by atoms with Crippen LogP contribution in [0.3, 0.4) is 0 Å². The molecule has 5 N–H and O–H groups in total. The third-order valence-corrected chi connectivity index (χ3v) is 6.94. The highest BCUT2D eigenvalue weighted by atomic mass is 31.2. The lowest BCUT2D eigenvalue weighted by Gasteiger charge is -2.33. The summed E-state index contributed by atoms with van der Waals surface area (Å²) in [5, 5.41) is 34.2. The number of nitrogens with two attached hydrogens (primary N) is 1. The van der Waals surface area contributed by atoms with Crippen LogP contribution in [0.4, 0.5) is 5.82 Å².